The van der Waals surface area contributed by atoms with Gasteiger partial charge in [0.1, 0.15) is 10.6 Å². The van der Waals surface area contributed by atoms with Gasteiger partial charge in [-0.15, -0.1) is 0 Å². The lowest BCUT2D eigenvalue weighted by atomic mass is 10.1. The Morgan fingerprint density at radius 3 is 2.47 bits per heavy atom. The van der Waals surface area contributed by atoms with Crippen LogP contribution < -0.4 is 10.1 Å². The molecule has 0 saturated carbocycles. The molecule has 3 rings (SSSR count). The molecular formula is C22H26N4O4S2. The highest BCUT2D eigenvalue weighted by atomic mass is 32.2. The van der Waals surface area contributed by atoms with E-state index in [-0.39, 0.29) is 22.3 Å². The summed E-state index contributed by atoms with van der Waals surface area (Å²) in [5.41, 5.74) is 3.64. The molecule has 0 radical (unpaired) electrons. The number of carbonyl (C=O) groups excluding carboxylic acids is 1. The molecule has 8 nitrogen and oxygen atoms in total. The summed E-state index contributed by atoms with van der Waals surface area (Å²) in [6, 6.07) is 10.7. The molecule has 0 aliphatic carbocycles. The standard InChI is InChI=1S/C22H26N4O4S2/c1-15-10-16(2)12-18(11-15)26-9-8-23-22(26)31-14-21(27)24-17-6-7-19(30-5)20(13-17)32(28,29)25(3)4/h6-13H,14H2,1-5H3,(H,24,27). The molecule has 1 amide bonds. The minimum atomic E-state index is -3.73. The molecule has 170 valence electrons. The number of imidazole rings is 1. The smallest absolute Gasteiger partial charge is 0.246 e. The molecule has 1 heterocycles. The van der Waals surface area contributed by atoms with Crippen LogP contribution in [0.15, 0.2) is 58.8 Å². The van der Waals surface area contributed by atoms with Crippen LogP contribution >= 0.6 is 11.8 Å². The fraction of sp³-hybridized carbons (Fsp3) is 0.273. The van der Waals surface area contributed by atoms with Crippen LogP contribution in [0, 0.1) is 13.8 Å². The van der Waals surface area contributed by atoms with Gasteiger partial charge in [0.15, 0.2) is 5.16 Å². The Labute approximate surface area is 192 Å². The van der Waals surface area contributed by atoms with Gasteiger partial charge in [0.2, 0.25) is 15.9 Å². The van der Waals surface area contributed by atoms with Gasteiger partial charge in [0, 0.05) is 37.9 Å². The van der Waals surface area contributed by atoms with Crippen molar-refractivity contribution < 1.29 is 17.9 Å². The van der Waals surface area contributed by atoms with Crippen LogP contribution in [0.1, 0.15) is 11.1 Å². The van der Waals surface area contributed by atoms with Gasteiger partial charge in [-0.3, -0.25) is 9.36 Å². The van der Waals surface area contributed by atoms with Crippen LogP contribution in [0.3, 0.4) is 0 Å². The highest BCUT2D eigenvalue weighted by Gasteiger charge is 2.23. The highest BCUT2D eigenvalue weighted by molar-refractivity contribution is 7.99. The number of nitrogens with one attached hydrogen (secondary N) is 1. The SMILES string of the molecule is COc1ccc(NC(=O)CSc2nccn2-c2cc(C)cc(C)c2)cc1S(=O)(=O)N(C)C. The second kappa shape index (κ2) is 9.76. The van der Waals surface area contributed by atoms with E-state index in [0.29, 0.717) is 10.8 Å². The molecule has 32 heavy (non-hydrogen) atoms. The molecule has 0 bridgehead atoms. The van der Waals surface area contributed by atoms with Gasteiger partial charge in [-0.05, 0) is 55.3 Å². The summed E-state index contributed by atoms with van der Waals surface area (Å²) in [4.78, 5) is 16.9. The summed E-state index contributed by atoms with van der Waals surface area (Å²) in [6.45, 7) is 4.07. The molecule has 2 aromatic carbocycles. The number of sulfonamides is 1. The van der Waals surface area contributed by atoms with E-state index in [9.17, 15) is 13.2 Å². The van der Waals surface area contributed by atoms with Crippen LogP contribution in [0.25, 0.3) is 5.69 Å². The quantitative estimate of drug-likeness (QED) is 0.503. The van der Waals surface area contributed by atoms with E-state index in [2.05, 4.69) is 28.5 Å². The Hall–Kier alpha value is -2.82. The second-order valence-corrected chi connectivity index (χ2v) is 10.5. The number of hydrogen-bond donors (Lipinski definition) is 1. The Kier molecular flexibility index (Phi) is 7.27. The van der Waals surface area contributed by atoms with E-state index in [1.165, 1.54) is 45.1 Å². The number of methoxy groups -OCH3 is 1. The fourth-order valence-electron chi connectivity index (χ4n) is 3.16. The van der Waals surface area contributed by atoms with Crippen LogP contribution in [-0.2, 0) is 14.8 Å². The first-order valence-electron chi connectivity index (χ1n) is 9.77. The van der Waals surface area contributed by atoms with Gasteiger partial charge in [-0.25, -0.2) is 17.7 Å². The van der Waals surface area contributed by atoms with E-state index in [1.807, 2.05) is 24.6 Å². The number of aromatic nitrogens is 2. The van der Waals surface area contributed by atoms with Crippen molar-refractivity contribution in [3.05, 3.63) is 59.9 Å². The molecule has 0 saturated heterocycles. The highest BCUT2D eigenvalue weighted by Crippen LogP contribution is 2.29. The number of nitrogens with zero attached hydrogens (tertiary/aromatic N) is 3. The Balaban J connectivity index is 1.74. The van der Waals surface area contributed by atoms with E-state index >= 15 is 0 Å². The zero-order chi connectivity index (χ0) is 23.5. The van der Waals surface area contributed by atoms with Crippen molar-refractivity contribution in [1.29, 1.82) is 0 Å². The van der Waals surface area contributed by atoms with Crippen molar-refractivity contribution in [3.8, 4) is 11.4 Å². The van der Waals surface area contributed by atoms with Gasteiger partial charge >= 0.3 is 0 Å². The number of ether oxygens (including phenoxy) is 1. The molecule has 0 atom stereocenters. The third-order valence-corrected chi connectivity index (χ3v) is 7.43. The number of amides is 1. The third-order valence-electron chi connectivity index (χ3n) is 4.63. The van der Waals surface area contributed by atoms with Crippen LogP contribution in [-0.4, -0.2) is 55.1 Å². The topological polar surface area (TPSA) is 93.5 Å². The van der Waals surface area contributed by atoms with Crippen LogP contribution in [0.4, 0.5) is 5.69 Å². The molecular weight excluding hydrogens is 448 g/mol. The van der Waals surface area contributed by atoms with Crippen LogP contribution in [0.5, 0.6) is 5.75 Å². The summed E-state index contributed by atoms with van der Waals surface area (Å²) < 4.78 is 33.3. The lowest BCUT2D eigenvalue weighted by Crippen LogP contribution is -2.23. The lowest BCUT2D eigenvalue weighted by Gasteiger charge is -2.16. The first-order valence-corrected chi connectivity index (χ1v) is 12.2. The second-order valence-electron chi connectivity index (χ2n) is 7.42. The summed E-state index contributed by atoms with van der Waals surface area (Å²) >= 11 is 1.30. The number of hydrogen-bond acceptors (Lipinski definition) is 6. The molecule has 0 aliphatic rings. The van der Waals surface area contributed by atoms with E-state index in [1.54, 1.807) is 12.3 Å². The van der Waals surface area contributed by atoms with E-state index in [0.717, 1.165) is 21.1 Å². The number of rotatable bonds is 8. The predicted octanol–water partition coefficient (Wildman–Crippen LogP) is 3.48. The number of thioether (sulfide) groups is 1. The maximum atomic E-state index is 12.6. The summed E-state index contributed by atoms with van der Waals surface area (Å²) in [6.07, 6.45) is 3.55. The zero-order valence-corrected chi connectivity index (χ0v) is 20.3. The largest absolute Gasteiger partial charge is 0.495 e. The monoisotopic (exact) mass is 474 g/mol. The summed E-state index contributed by atoms with van der Waals surface area (Å²) in [5, 5.41) is 3.44. The number of aryl methyl sites for hydroxylation is 2. The predicted molar refractivity (Wildman–Crippen MR) is 126 cm³/mol. The van der Waals surface area contributed by atoms with Crippen molar-refractivity contribution in [2.45, 2.75) is 23.9 Å². The first kappa shape index (κ1) is 23.8. The van der Waals surface area contributed by atoms with Gasteiger partial charge < -0.3 is 10.1 Å². The molecule has 0 unspecified atom stereocenters. The van der Waals surface area contributed by atoms with Gasteiger partial charge in [0.25, 0.3) is 0 Å². The van der Waals surface area contributed by atoms with Crippen molar-refractivity contribution >= 4 is 33.4 Å². The van der Waals surface area contributed by atoms with Crippen molar-refractivity contribution in [3.63, 3.8) is 0 Å². The van der Waals surface area contributed by atoms with Gasteiger partial charge in [-0.2, -0.15) is 0 Å². The third kappa shape index (κ3) is 5.32. The first-order chi connectivity index (χ1) is 15.1. The van der Waals surface area contributed by atoms with Crippen molar-refractivity contribution in [2.24, 2.45) is 0 Å². The van der Waals surface area contributed by atoms with E-state index in [4.69, 9.17) is 4.74 Å². The number of carbonyl (C=O) groups is 1. The molecule has 3 aromatic rings. The maximum absolute atomic E-state index is 12.6. The zero-order valence-electron chi connectivity index (χ0n) is 18.6. The molecule has 0 aliphatic heterocycles. The Morgan fingerprint density at radius 1 is 1.16 bits per heavy atom. The maximum Gasteiger partial charge on any atom is 0.246 e. The average molecular weight is 475 g/mol. The Morgan fingerprint density at radius 2 is 1.84 bits per heavy atom. The van der Waals surface area contributed by atoms with E-state index < -0.39 is 10.0 Å². The van der Waals surface area contributed by atoms with Crippen LogP contribution in [0.2, 0.25) is 0 Å². The average Bonchev–Trinajstić information content (AvgIpc) is 3.20. The lowest BCUT2D eigenvalue weighted by molar-refractivity contribution is -0.113. The van der Waals surface area contributed by atoms with Crippen molar-refractivity contribution in [1.82, 2.24) is 13.9 Å². The van der Waals surface area contributed by atoms with Crippen molar-refractivity contribution in [2.75, 3.05) is 32.3 Å². The number of benzene rings is 2. The van der Waals surface area contributed by atoms with Gasteiger partial charge in [-0.1, -0.05) is 17.8 Å². The molecule has 1 N–H and O–H groups in total. The fourth-order valence-corrected chi connectivity index (χ4v) is 5.01. The number of anilines is 1. The Bertz CT molecular complexity index is 1220. The molecule has 10 heteroatoms. The summed E-state index contributed by atoms with van der Waals surface area (Å²) in [7, 11) is 0.547. The minimum Gasteiger partial charge on any atom is -0.495 e. The summed E-state index contributed by atoms with van der Waals surface area (Å²) in [5.74, 6) is 0.0498. The normalized spacial score (nSPS) is 11.6. The molecule has 0 fully saturated rings. The molecule has 1 aromatic heterocycles. The minimum absolute atomic E-state index is 0.0131. The van der Waals surface area contributed by atoms with Gasteiger partial charge in [0.05, 0.1) is 12.9 Å². The molecule has 0 spiro atoms.